The molecule has 0 fully saturated rings. The van der Waals surface area contributed by atoms with Crippen molar-refractivity contribution in [3.05, 3.63) is 23.8 Å². The molecule has 0 heterocycles. The van der Waals surface area contributed by atoms with Gasteiger partial charge in [0.05, 0.1) is 0 Å². The van der Waals surface area contributed by atoms with E-state index in [-0.39, 0.29) is 5.41 Å². The molecule has 1 aliphatic rings. The van der Waals surface area contributed by atoms with Crippen LogP contribution in [0, 0.1) is 5.41 Å². The number of carbonyl (C=O) groups is 1. The molecule has 0 aromatic heterocycles. The summed E-state index contributed by atoms with van der Waals surface area (Å²) in [5.41, 5.74) is 2.11. The van der Waals surface area contributed by atoms with E-state index in [1.807, 2.05) is 13.8 Å². The summed E-state index contributed by atoms with van der Waals surface area (Å²) in [6.07, 6.45) is 3.67. The predicted octanol–water partition coefficient (Wildman–Crippen LogP) is 2.88. The smallest absolute Gasteiger partial charge is 0.159 e. The van der Waals surface area contributed by atoms with E-state index >= 15 is 0 Å². The summed E-state index contributed by atoms with van der Waals surface area (Å²) >= 11 is 0. The number of rotatable bonds is 2. The van der Waals surface area contributed by atoms with Crippen LogP contribution < -0.4 is 0 Å². The zero-order valence-electron chi connectivity index (χ0n) is 8.11. The monoisotopic (exact) mass is 164 g/mol. The summed E-state index contributed by atoms with van der Waals surface area (Å²) in [7, 11) is 0. The van der Waals surface area contributed by atoms with Crippen LogP contribution in [0.4, 0.5) is 0 Å². The zero-order chi connectivity index (χ0) is 9.35. The van der Waals surface area contributed by atoms with Crippen molar-refractivity contribution in [1.29, 1.82) is 0 Å². The fourth-order valence-corrected chi connectivity index (χ4v) is 1.96. The average molecular weight is 164 g/mol. The van der Waals surface area contributed by atoms with E-state index in [1.54, 1.807) is 0 Å². The standard InChI is InChI=1S/C11H16O/c1-8(2)5-11(4)6-9(3)10(12)7-11/h6H,1,5,7H2,2-4H3. The lowest BCUT2D eigenvalue weighted by molar-refractivity contribution is -0.115. The molecular weight excluding hydrogens is 148 g/mol. The third-order valence-electron chi connectivity index (χ3n) is 2.27. The number of hydrogen-bond donors (Lipinski definition) is 0. The lowest BCUT2D eigenvalue weighted by atomic mass is 9.84. The van der Waals surface area contributed by atoms with Gasteiger partial charge in [0.2, 0.25) is 0 Å². The van der Waals surface area contributed by atoms with Crippen LogP contribution in [-0.4, -0.2) is 5.78 Å². The molecule has 0 saturated carbocycles. The summed E-state index contributed by atoms with van der Waals surface area (Å²) in [6, 6.07) is 0. The highest BCUT2D eigenvalue weighted by molar-refractivity contribution is 5.98. The van der Waals surface area contributed by atoms with Crippen molar-refractivity contribution in [1.82, 2.24) is 0 Å². The Hall–Kier alpha value is -0.850. The van der Waals surface area contributed by atoms with Crippen LogP contribution in [0.2, 0.25) is 0 Å². The van der Waals surface area contributed by atoms with Crippen molar-refractivity contribution < 1.29 is 4.79 Å². The topological polar surface area (TPSA) is 17.1 Å². The molecule has 1 nitrogen and oxygen atoms in total. The van der Waals surface area contributed by atoms with Crippen molar-refractivity contribution in [2.24, 2.45) is 5.41 Å². The van der Waals surface area contributed by atoms with Crippen molar-refractivity contribution in [2.75, 3.05) is 0 Å². The summed E-state index contributed by atoms with van der Waals surface area (Å²) in [5, 5.41) is 0. The van der Waals surface area contributed by atoms with Gasteiger partial charge in [-0.15, -0.1) is 6.58 Å². The Kier molecular flexibility index (Phi) is 2.22. The van der Waals surface area contributed by atoms with E-state index in [0.29, 0.717) is 12.2 Å². The Morgan fingerprint density at radius 2 is 2.33 bits per heavy atom. The molecule has 1 atom stereocenters. The summed E-state index contributed by atoms with van der Waals surface area (Å²) in [5.74, 6) is 0.291. The molecule has 66 valence electrons. The van der Waals surface area contributed by atoms with Crippen LogP contribution in [-0.2, 0) is 4.79 Å². The largest absolute Gasteiger partial charge is 0.295 e. The molecule has 1 rings (SSSR count). The Morgan fingerprint density at radius 3 is 2.67 bits per heavy atom. The number of carbonyl (C=O) groups excluding carboxylic acids is 1. The normalized spacial score (nSPS) is 28.9. The first-order valence-corrected chi connectivity index (χ1v) is 4.30. The number of allylic oxidation sites excluding steroid dienone is 3. The third-order valence-corrected chi connectivity index (χ3v) is 2.27. The summed E-state index contributed by atoms with van der Waals surface area (Å²) < 4.78 is 0. The minimum Gasteiger partial charge on any atom is -0.295 e. The van der Waals surface area contributed by atoms with E-state index in [2.05, 4.69) is 19.6 Å². The number of hydrogen-bond acceptors (Lipinski definition) is 1. The van der Waals surface area contributed by atoms with Gasteiger partial charge in [-0.25, -0.2) is 0 Å². The second kappa shape index (κ2) is 2.89. The zero-order valence-corrected chi connectivity index (χ0v) is 8.11. The fraction of sp³-hybridized carbons (Fsp3) is 0.545. The second-order valence-electron chi connectivity index (χ2n) is 4.22. The molecule has 0 spiro atoms. The Bertz CT molecular complexity index is 260. The minimum atomic E-state index is 0.0486. The molecule has 0 bridgehead atoms. The van der Waals surface area contributed by atoms with Gasteiger partial charge in [-0.05, 0) is 31.3 Å². The third kappa shape index (κ3) is 1.84. The van der Waals surface area contributed by atoms with Gasteiger partial charge < -0.3 is 0 Å². The van der Waals surface area contributed by atoms with E-state index in [9.17, 15) is 4.79 Å². The summed E-state index contributed by atoms with van der Waals surface area (Å²) in [4.78, 5) is 11.3. The maximum Gasteiger partial charge on any atom is 0.159 e. The first kappa shape index (κ1) is 9.24. The second-order valence-corrected chi connectivity index (χ2v) is 4.22. The van der Waals surface area contributed by atoms with Crippen molar-refractivity contribution in [2.45, 2.75) is 33.6 Å². The molecule has 12 heavy (non-hydrogen) atoms. The Morgan fingerprint density at radius 1 is 1.75 bits per heavy atom. The van der Waals surface area contributed by atoms with Crippen molar-refractivity contribution in [3.8, 4) is 0 Å². The van der Waals surface area contributed by atoms with E-state index in [1.165, 1.54) is 0 Å². The van der Waals surface area contributed by atoms with Crippen LogP contribution in [0.5, 0.6) is 0 Å². The van der Waals surface area contributed by atoms with Crippen LogP contribution in [0.15, 0.2) is 23.8 Å². The van der Waals surface area contributed by atoms with Crippen LogP contribution >= 0.6 is 0 Å². The first-order chi connectivity index (χ1) is 5.43. The predicted molar refractivity (Wildman–Crippen MR) is 50.9 cm³/mol. The van der Waals surface area contributed by atoms with Gasteiger partial charge in [0.25, 0.3) is 0 Å². The van der Waals surface area contributed by atoms with E-state index in [4.69, 9.17) is 0 Å². The van der Waals surface area contributed by atoms with Crippen LogP contribution in [0.3, 0.4) is 0 Å². The Labute approximate surface area is 74.2 Å². The minimum absolute atomic E-state index is 0.0486. The molecule has 1 heteroatoms. The molecule has 0 radical (unpaired) electrons. The van der Waals surface area contributed by atoms with Gasteiger partial charge in [-0.1, -0.05) is 18.6 Å². The number of Topliss-reactive ketones (excluding diaryl/α,β-unsaturated/α-hetero) is 1. The maximum absolute atomic E-state index is 11.3. The molecule has 1 unspecified atom stereocenters. The lowest BCUT2D eigenvalue weighted by Crippen LogP contribution is -2.11. The van der Waals surface area contributed by atoms with E-state index < -0.39 is 0 Å². The molecule has 0 aliphatic heterocycles. The van der Waals surface area contributed by atoms with Crippen molar-refractivity contribution in [3.63, 3.8) is 0 Å². The highest BCUT2D eigenvalue weighted by atomic mass is 16.1. The van der Waals surface area contributed by atoms with Gasteiger partial charge in [-0.3, -0.25) is 4.79 Å². The molecule has 0 N–H and O–H groups in total. The molecule has 0 aromatic carbocycles. The van der Waals surface area contributed by atoms with Gasteiger partial charge in [-0.2, -0.15) is 0 Å². The van der Waals surface area contributed by atoms with Gasteiger partial charge in [0.15, 0.2) is 5.78 Å². The molecule has 1 aliphatic carbocycles. The lowest BCUT2D eigenvalue weighted by Gasteiger charge is -2.20. The van der Waals surface area contributed by atoms with Gasteiger partial charge in [0.1, 0.15) is 0 Å². The van der Waals surface area contributed by atoms with Crippen LogP contribution in [0.1, 0.15) is 33.6 Å². The Balaban J connectivity index is 2.77. The van der Waals surface area contributed by atoms with Gasteiger partial charge >= 0.3 is 0 Å². The quantitative estimate of drug-likeness (QED) is 0.573. The maximum atomic E-state index is 11.3. The van der Waals surface area contributed by atoms with E-state index in [0.717, 1.165) is 17.6 Å². The molecular formula is C11H16O. The van der Waals surface area contributed by atoms with Gasteiger partial charge in [0, 0.05) is 6.42 Å². The molecule has 0 amide bonds. The summed E-state index contributed by atoms with van der Waals surface area (Å²) in [6.45, 7) is 9.90. The number of ketones is 1. The average Bonchev–Trinajstić information content (AvgIpc) is 2.04. The molecule has 0 aromatic rings. The first-order valence-electron chi connectivity index (χ1n) is 4.30. The fourth-order valence-electron chi connectivity index (χ4n) is 1.96. The highest BCUT2D eigenvalue weighted by Crippen LogP contribution is 2.38. The SMILES string of the molecule is C=C(C)CC1(C)C=C(C)C(=O)C1. The van der Waals surface area contributed by atoms with Crippen molar-refractivity contribution >= 4 is 5.78 Å². The highest BCUT2D eigenvalue weighted by Gasteiger charge is 2.31. The molecule has 0 saturated heterocycles. The van der Waals surface area contributed by atoms with Crippen LogP contribution in [0.25, 0.3) is 0 Å².